The normalized spacial score (nSPS) is 12.2. The van der Waals surface area contributed by atoms with E-state index < -0.39 is 0 Å². The number of nitrogens with one attached hydrogen (secondary N) is 1. The van der Waals surface area contributed by atoms with Crippen LogP contribution in [0.4, 0.5) is 0 Å². The zero-order valence-electron chi connectivity index (χ0n) is 11.8. The fraction of sp³-hybridized carbons (Fsp3) is 0.250. The van der Waals surface area contributed by atoms with E-state index in [1.54, 1.807) is 13.2 Å². The van der Waals surface area contributed by atoms with Gasteiger partial charge in [0, 0.05) is 16.1 Å². The van der Waals surface area contributed by atoms with E-state index in [4.69, 9.17) is 27.9 Å². The highest BCUT2D eigenvalue weighted by atomic mass is 79.9. The van der Waals surface area contributed by atoms with Crippen LogP contribution in [0.15, 0.2) is 40.9 Å². The fourth-order valence-corrected chi connectivity index (χ4v) is 3.35. The first kappa shape index (κ1) is 16.6. The van der Waals surface area contributed by atoms with Gasteiger partial charge in [0.25, 0.3) is 0 Å². The third-order valence-corrected chi connectivity index (χ3v) is 4.52. The highest BCUT2D eigenvalue weighted by Gasteiger charge is 2.14. The maximum absolute atomic E-state index is 6.29. The molecule has 2 aromatic carbocycles. The summed E-state index contributed by atoms with van der Waals surface area (Å²) in [6.07, 6.45) is 0.820. The van der Waals surface area contributed by atoms with Gasteiger partial charge in [-0.05, 0) is 64.8 Å². The van der Waals surface area contributed by atoms with Gasteiger partial charge in [-0.25, -0.2) is 0 Å². The van der Waals surface area contributed by atoms with Gasteiger partial charge in [0.05, 0.1) is 11.6 Å². The Bertz CT molecular complexity index is 634. The second-order valence-corrected chi connectivity index (χ2v) is 6.38. The van der Waals surface area contributed by atoms with Crippen molar-refractivity contribution in [2.24, 2.45) is 0 Å². The number of halogens is 3. The Labute approximate surface area is 143 Å². The number of rotatable bonds is 5. The van der Waals surface area contributed by atoms with Gasteiger partial charge in [-0.1, -0.05) is 35.3 Å². The fourth-order valence-electron chi connectivity index (χ4n) is 2.22. The summed E-state index contributed by atoms with van der Waals surface area (Å²) in [4.78, 5) is 0. The molecular weight excluding hydrogens is 373 g/mol. The zero-order valence-corrected chi connectivity index (χ0v) is 14.9. The average molecular weight is 389 g/mol. The minimum atomic E-state index is 0.120. The summed E-state index contributed by atoms with van der Waals surface area (Å²) >= 11 is 15.8. The number of hydrogen-bond donors (Lipinski definition) is 1. The molecule has 0 saturated heterocycles. The molecule has 0 amide bonds. The minimum Gasteiger partial charge on any atom is -0.496 e. The molecule has 0 saturated carbocycles. The highest BCUT2D eigenvalue weighted by Crippen LogP contribution is 2.31. The van der Waals surface area contributed by atoms with E-state index in [9.17, 15) is 0 Å². The third kappa shape index (κ3) is 4.13. The lowest BCUT2D eigenvalue weighted by molar-refractivity contribution is 0.412. The number of methoxy groups -OCH3 is 1. The molecule has 0 fully saturated rings. The lowest BCUT2D eigenvalue weighted by atomic mass is 9.99. The lowest BCUT2D eigenvalue weighted by Crippen LogP contribution is -2.19. The number of ether oxygens (including phenoxy) is 1. The number of benzene rings is 2. The van der Waals surface area contributed by atoms with Crippen LogP contribution in [0.1, 0.15) is 17.2 Å². The van der Waals surface area contributed by atoms with Crippen molar-refractivity contribution in [2.45, 2.75) is 12.5 Å². The van der Waals surface area contributed by atoms with Gasteiger partial charge in [0.2, 0.25) is 0 Å². The van der Waals surface area contributed by atoms with Crippen molar-refractivity contribution in [1.82, 2.24) is 5.32 Å². The Morgan fingerprint density at radius 2 is 1.95 bits per heavy atom. The van der Waals surface area contributed by atoms with Gasteiger partial charge in [-0.3, -0.25) is 0 Å². The van der Waals surface area contributed by atoms with Crippen molar-refractivity contribution in [3.05, 3.63) is 62.0 Å². The predicted octanol–water partition coefficient (Wildman–Crippen LogP) is 5.27. The van der Waals surface area contributed by atoms with Gasteiger partial charge in [-0.15, -0.1) is 0 Å². The Morgan fingerprint density at radius 1 is 1.19 bits per heavy atom. The first-order valence-electron chi connectivity index (χ1n) is 6.49. The summed E-state index contributed by atoms with van der Waals surface area (Å²) < 4.78 is 6.19. The van der Waals surface area contributed by atoms with Crippen LogP contribution in [0.25, 0.3) is 0 Å². The van der Waals surface area contributed by atoms with Crippen molar-refractivity contribution in [2.75, 3.05) is 14.2 Å². The van der Waals surface area contributed by atoms with Crippen LogP contribution in [0, 0.1) is 0 Å². The molecule has 112 valence electrons. The van der Waals surface area contributed by atoms with Crippen LogP contribution < -0.4 is 10.1 Å². The van der Waals surface area contributed by atoms with Crippen LogP contribution in [0.2, 0.25) is 10.0 Å². The predicted molar refractivity (Wildman–Crippen MR) is 92.7 cm³/mol. The SMILES string of the molecule is CNC(Cc1ccc(OC)c(Br)c1)c1ccc(Cl)cc1Cl. The lowest BCUT2D eigenvalue weighted by Gasteiger charge is -2.19. The minimum absolute atomic E-state index is 0.120. The van der Waals surface area contributed by atoms with E-state index in [0.29, 0.717) is 10.0 Å². The molecule has 0 radical (unpaired) electrons. The first-order chi connectivity index (χ1) is 10.0. The van der Waals surface area contributed by atoms with E-state index in [1.165, 1.54) is 5.56 Å². The summed E-state index contributed by atoms with van der Waals surface area (Å²) in [7, 11) is 3.58. The smallest absolute Gasteiger partial charge is 0.133 e. The second kappa shape index (κ2) is 7.50. The van der Waals surface area contributed by atoms with Crippen LogP contribution >= 0.6 is 39.1 Å². The van der Waals surface area contributed by atoms with Gasteiger partial charge >= 0.3 is 0 Å². The van der Waals surface area contributed by atoms with Crippen molar-refractivity contribution in [1.29, 1.82) is 0 Å². The van der Waals surface area contributed by atoms with Gasteiger partial charge < -0.3 is 10.1 Å². The van der Waals surface area contributed by atoms with E-state index in [-0.39, 0.29) is 6.04 Å². The van der Waals surface area contributed by atoms with Crippen molar-refractivity contribution < 1.29 is 4.74 Å². The zero-order chi connectivity index (χ0) is 15.4. The van der Waals surface area contributed by atoms with Crippen LogP contribution in [0.3, 0.4) is 0 Å². The summed E-state index contributed by atoms with van der Waals surface area (Å²) in [5, 5.41) is 4.62. The van der Waals surface area contributed by atoms with Gasteiger partial charge in [-0.2, -0.15) is 0 Å². The molecule has 0 aliphatic carbocycles. The van der Waals surface area contributed by atoms with Crippen LogP contribution in [-0.2, 0) is 6.42 Å². The second-order valence-electron chi connectivity index (χ2n) is 4.68. The summed E-state index contributed by atoms with van der Waals surface area (Å²) in [5.41, 5.74) is 2.23. The molecule has 0 aromatic heterocycles. The molecule has 0 heterocycles. The first-order valence-corrected chi connectivity index (χ1v) is 8.04. The monoisotopic (exact) mass is 387 g/mol. The maximum Gasteiger partial charge on any atom is 0.133 e. The maximum atomic E-state index is 6.29. The molecule has 2 aromatic rings. The third-order valence-electron chi connectivity index (χ3n) is 3.34. The van der Waals surface area contributed by atoms with Crippen molar-refractivity contribution in [3.63, 3.8) is 0 Å². The molecule has 0 spiro atoms. The molecule has 1 N–H and O–H groups in total. The molecule has 1 atom stereocenters. The van der Waals surface area contributed by atoms with E-state index in [0.717, 1.165) is 22.2 Å². The number of likely N-dealkylation sites (N-methyl/N-ethyl adjacent to an activating group) is 1. The van der Waals surface area contributed by atoms with E-state index in [1.807, 2.05) is 25.2 Å². The quantitative estimate of drug-likeness (QED) is 0.753. The topological polar surface area (TPSA) is 21.3 Å². The Kier molecular flexibility index (Phi) is 5.94. The standard InChI is InChI=1S/C16H16BrCl2NO/c1-20-15(12-5-4-11(18)9-14(12)19)8-10-3-6-16(21-2)13(17)7-10/h3-7,9,15,20H,8H2,1-2H3. The van der Waals surface area contributed by atoms with Crippen LogP contribution in [0.5, 0.6) is 5.75 Å². The van der Waals surface area contributed by atoms with E-state index >= 15 is 0 Å². The summed E-state index contributed by atoms with van der Waals surface area (Å²) in [6.45, 7) is 0. The Balaban J connectivity index is 2.24. The van der Waals surface area contributed by atoms with E-state index in [2.05, 4.69) is 33.4 Å². The average Bonchev–Trinajstić information content (AvgIpc) is 2.45. The highest BCUT2D eigenvalue weighted by molar-refractivity contribution is 9.10. The number of hydrogen-bond acceptors (Lipinski definition) is 2. The van der Waals surface area contributed by atoms with Gasteiger partial charge in [0.1, 0.15) is 5.75 Å². The van der Waals surface area contributed by atoms with Crippen molar-refractivity contribution in [3.8, 4) is 5.75 Å². The molecule has 0 bridgehead atoms. The van der Waals surface area contributed by atoms with Crippen LogP contribution in [-0.4, -0.2) is 14.2 Å². The molecule has 0 aliphatic rings. The molecule has 21 heavy (non-hydrogen) atoms. The van der Waals surface area contributed by atoms with Gasteiger partial charge in [0.15, 0.2) is 0 Å². The Hall–Kier alpha value is -0.740. The molecule has 1 unspecified atom stereocenters. The Morgan fingerprint density at radius 3 is 2.52 bits per heavy atom. The molecule has 0 aliphatic heterocycles. The molecule has 2 rings (SSSR count). The summed E-state index contributed by atoms with van der Waals surface area (Å²) in [6, 6.07) is 11.8. The molecule has 2 nitrogen and oxygen atoms in total. The van der Waals surface area contributed by atoms with Crippen molar-refractivity contribution >= 4 is 39.1 Å². The molecule has 5 heteroatoms. The largest absolute Gasteiger partial charge is 0.496 e. The molecular formula is C16H16BrCl2NO. The summed E-state index contributed by atoms with van der Waals surface area (Å²) in [5.74, 6) is 0.823.